The van der Waals surface area contributed by atoms with E-state index in [1.807, 2.05) is 42.5 Å². The number of likely N-dealkylation sites (N-methyl/N-ethyl adjacent to an activating group) is 1. The maximum absolute atomic E-state index is 13.1. The summed E-state index contributed by atoms with van der Waals surface area (Å²) in [5.74, 6) is 1.23. The van der Waals surface area contributed by atoms with E-state index >= 15 is 0 Å². The summed E-state index contributed by atoms with van der Waals surface area (Å²) in [6, 6.07) is 11.3. The summed E-state index contributed by atoms with van der Waals surface area (Å²) in [5.41, 5.74) is 1.63. The molecule has 3 heterocycles. The van der Waals surface area contributed by atoms with Gasteiger partial charge in [-0.3, -0.25) is 9.59 Å². The molecule has 33 heavy (non-hydrogen) atoms. The van der Waals surface area contributed by atoms with Gasteiger partial charge in [-0.15, -0.1) is 11.3 Å². The molecule has 1 aliphatic rings. The lowest BCUT2D eigenvalue weighted by molar-refractivity contribution is 0.0502. The normalized spacial score (nSPS) is 15.3. The minimum absolute atomic E-state index is 0.0119. The van der Waals surface area contributed by atoms with Gasteiger partial charge < -0.3 is 19.0 Å². The molecule has 3 aromatic rings. The van der Waals surface area contributed by atoms with Crippen LogP contribution in [0.25, 0.3) is 0 Å². The third-order valence-corrected chi connectivity index (χ3v) is 7.11. The van der Waals surface area contributed by atoms with Crippen molar-refractivity contribution >= 4 is 23.2 Å². The van der Waals surface area contributed by atoms with Crippen LogP contribution in [0.15, 0.2) is 52.5 Å². The van der Waals surface area contributed by atoms with Crippen LogP contribution in [0.2, 0.25) is 0 Å². The molecule has 1 aliphatic heterocycles. The smallest absolute Gasteiger partial charge is 0.289 e. The fraction of sp³-hybridized carbons (Fsp3) is 0.400. The number of aryl methyl sites for hydroxylation is 1. The van der Waals surface area contributed by atoms with Gasteiger partial charge in [0.2, 0.25) is 0 Å². The number of thiazole rings is 1. The van der Waals surface area contributed by atoms with E-state index in [0.717, 1.165) is 29.2 Å². The van der Waals surface area contributed by atoms with Crippen molar-refractivity contribution in [3.63, 3.8) is 0 Å². The maximum atomic E-state index is 13.1. The highest BCUT2D eigenvalue weighted by Gasteiger charge is 2.34. The summed E-state index contributed by atoms with van der Waals surface area (Å²) in [5, 5.41) is 2.72. The first-order valence-electron chi connectivity index (χ1n) is 11.1. The first-order valence-corrected chi connectivity index (χ1v) is 12.0. The molecule has 0 spiro atoms. The lowest BCUT2D eigenvalue weighted by Gasteiger charge is -2.39. The maximum Gasteiger partial charge on any atom is 0.289 e. The van der Waals surface area contributed by atoms with Gasteiger partial charge >= 0.3 is 0 Å². The van der Waals surface area contributed by atoms with E-state index in [1.54, 1.807) is 24.1 Å². The number of ether oxygens (including phenoxy) is 1. The highest BCUT2D eigenvalue weighted by atomic mass is 32.1. The molecule has 2 aromatic heterocycles. The van der Waals surface area contributed by atoms with Gasteiger partial charge in [0.25, 0.3) is 11.8 Å². The molecule has 1 unspecified atom stereocenters. The first-order chi connectivity index (χ1) is 16.0. The molecule has 0 bridgehead atoms. The predicted molar refractivity (Wildman–Crippen MR) is 127 cm³/mol. The number of methoxy groups -OCH3 is 1. The minimum Gasteiger partial charge on any atom is -0.497 e. The number of hydrogen-bond acceptors (Lipinski definition) is 6. The fourth-order valence-electron chi connectivity index (χ4n) is 4.50. The Morgan fingerprint density at radius 2 is 2.06 bits per heavy atom. The second kappa shape index (κ2) is 10.2. The quantitative estimate of drug-likeness (QED) is 0.518. The van der Waals surface area contributed by atoms with Gasteiger partial charge in [-0.05, 0) is 61.9 Å². The van der Waals surface area contributed by atoms with Crippen LogP contribution in [0, 0.1) is 12.8 Å². The Balaban J connectivity index is 1.50. The van der Waals surface area contributed by atoms with Crippen LogP contribution in [-0.4, -0.2) is 59.9 Å². The molecule has 0 N–H and O–H groups in total. The van der Waals surface area contributed by atoms with E-state index in [1.165, 1.54) is 17.6 Å². The van der Waals surface area contributed by atoms with Gasteiger partial charge in [0.15, 0.2) is 5.76 Å². The number of amides is 2. The van der Waals surface area contributed by atoms with Gasteiger partial charge in [-0.25, -0.2) is 4.98 Å². The molecule has 8 heteroatoms. The lowest BCUT2D eigenvalue weighted by atomic mass is 9.84. The van der Waals surface area contributed by atoms with Crippen molar-refractivity contribution in [3.8, 4) is 5.75 Å². The summed E-state index contributed by atoms with van der Waals surface area (Å²) >= 11 is 1.49. The number of benzene rings is 1. The highest BCUT2D eigenvalue weighted by molar-refractivity contribution is 7.09. The molecule has 1 aromatic carbocycles. The van der Waals surface area contributed by atoms with Gasteiger partial charge in [-0.1, -0.05) is 12.1 Å². The third-order valence-electron chi connectivity index (χ3n) is 6.34. The van der Waals surface area contributed by atoms with Crippen molar-refractivity contribution in [2.45, 2.75) is 32.2 Å². The van der Waals surface area contributed by atoms with Crippen molar-refractivity contribution in [3.05, 3.63) is 70.1 Å². The number of carbonyl (C=O) groups is 2. The van der Waals surface area contributed by atoms with E-state index < -0.39 is 0 Å². The van der Waals surface area contributed by atoms with Crippen LogP contribution < -0.4 is 4.74 Å². The van der Waals surface area contributed by atoms with Gasteiger partial charge in [-0.2, -0.15) is 0 Å². The number of piperidine rings is 1. The largest absolute Gasteiger partial charge is 0.497 e. The fourth-order valence-corrected chi connectivity index (χ4v) is 5.08. The van der Waals surface area contributed by atoms with Crippen LogP contribution in [-0.2, 0) is 6.42 Å². The number of furan rings is 1. The molecule has 0 saturated carbocycles. The Labute approximate surface area is 198 Å². The molecular weight excluding hydrogens is 438 g/mol. The Morgan fingerprint density at radius 1 is 1.27 bits per heavy atom. The Hall–Kier alpha value is -3.13. The van der Waals surface area contributed by atoms with E-state index in [-0.39, 0.29) is 23.8 Å². The van der Waals surface area contributed by atoms with Crippen LogP contribution in [0.5, 0.6) is 5.75 Å². The van der Waals surface area contributed by atoms with E-state index in [9.17, 15) is 9.59 Å². The third kappa shape index (κ3) is 5.27. The Kier molecular flexibility index (Phi) is 7.13. The van der Waals surface area contributed by atoms with Gasteiger partial charge in [0.1, 0.15) is 11.4 Å². The van der Waals surface area contributed by atoms with E-state index in [4.69, 9.17) is 9.15 Å². The number of aromatic nitrogens is 1. The summed E-state index contributed by atoms with van der Waals surface area (Å²) in [6.07, 6.45) is 3.85. The number of nitrogens with zero attached hydrogens (tertiary/aromatic N) is 3. The summed E-state index contributed by atoms with van der Waals surface area (Å²) in [6.45, 7) is 3.21. The Morgan fingerprint density at radius 3 is 2.70 bits per heavy atom. The van der Waals surface area contributed by atoms with Crippen molar-refractivity contribution in [2.24, 2.45) is 5.92 Å². The van der Waals surface area contributed by atoms with Crippen molar-refractivity contribution in [1.82, 2.24) is 14.8 Å². The molecule has 1 atom stereocenters. The number of rotatable bonds is 7. The molecule has 2 amide bonds. The molecule has 0 radical (unpaired) electrons. The zero-order valence-electron chi connectivity index (χ0n) is 19.2. The van der Waals surface area contributed by atoms with Crippen LogP contribution in [0.4, 0.5) is 0 Å². The molecule has 1 saturated heterocycles. The second-order valence-corrected chi connectivity index (χ2v) is 9.46. The average molecular weight is 468 g/mol. The number of likely N-dealkylation sites (tertiary alicyclic amines) is 1. The van der Waals surface area contributed by atoms with E-state index in [2.05, 4.69) is 11.1 Å². The van der Waals surface area contributed by atoms with Crippen LogP contribution in [0.1, 0.15) is 44.5 Å². The van der Waals surface area contributed by atoms with Crippen LogP contribution >= 0.6 is 11.3 Å². The van der Waals surface area contributed by atoms with Crippen LogP contribution in [0.3, 0.4) is 0 Å². The van der Waals surface area contributed by atoms with Gasteiger partial charge in [0.05, 0.1) is 18.4 Å². The highest BCUT2D eigenvalue weighted by Crippen LogP contribution is 2.29. The van der Waals surface area contributed by atoms with Crippen molar-refractivity contribution in [1.29, 1.82) is 0 Å². The van der Waals surface area contributed by atoms with Crippen molar-refractivity contribution in [2.75, 3.05) is 27.2 Å². The van der Waals surface area contributed by atoms with Crippen molar-refractivity contribution < 1.29 is 18.7 Å². The van der Waals surface area contributed by atoms with E-state index in [0.29, 0.717) is 31.0 Å². The molecular formula is C25H29N3O4S. The summed E-state index contributed by atoms with van der Waals surface area (Å²) < 4.78 is 10.8. The summed E-state index contributed by atoms with van der Waals surface area (Å²) in [4.78, 5) is 33.9. The second-order valence-electron chi connectivity index (χ2n) is 8.40. The molecule has 0 aliphatic carbocycles. The monoisotopic (exact) mass is 467 g/mol. The first kappa shape index (κ1) is 23.0. The zero-order chi connectivity index (χ0) is 23.4. The zero-order valence-corrected chi connectivity index (χ0v) is 20.0. The molecule has 4 rings (SSSR count). The molecule has 1 fully saturated rings. The topological polar surface area (TPSA) is 75.9 Å². The standard InChI is InChI=1S/C25H29N3O4S/c1-17-26-21(16-33-17)24(29)28-11-9-19(10-12-28)22(15-18-6-4-7-20(14-18)31-3)27(2)25(30)23-8-5-13-32-23/h4-8,13-14,16,19,22H,9-12,15H2,1-3H3. The Bertz CT molecular complexity index is 1090. The molecule has 7 nitrogen and oxygen atoms in total. The average Bonchev–Trinajstić information content (AvgIpc) is 3.54. The SMILES string of the molecule is COc1cccc(CC(C2CCN(C(=O)c3csc(C)n3)CC2)N(C)C(=O)c2ccco2)c1. The number of hydrogen-bond donors (Lipinski definition) is 0. The minimum atomic E-state index is -0.135. The lowest BCUT2D eigenvalue weighted by Crippen LogP contribution is -2.48. The number of carbonyl (C=O) groups excluding carboxylic acids is 2. The summed E-state index contributed by atoms with van der Waals surface area (Å²) in [7, 11) is 3.49. The van der Waals surface area contributed by atoms with Gasteiger partial charge in [0, 0.05) is 31.6 Å². The predicted octanol–water partition coefficient (Wildman–Crippen LogP) is 4.29. The molecule has 174 valence electrons.